The standard InChI is InChI=1S/C25H16F5NS/c1-2-3-4-15-5-7-17(19(26)9-15)8-6-16-10-20(27)24(21(28)11-16)18-12-22(29)25(31-14-32)23(30)13-18/h5,7,9-13H,2-4H2,1H3. The van der Waals surface area contributed by atoms with Gasteiger partial charge in [-0.3, -0.25) is 0 Å². The zero-order valence-electron chi connectivity index (χ0n) is 16.9. The van der Waals surface area contributed by atoms with E-state index >= 15 is 0 Å². The molecule has 0 atom stereocenters. The molecule has 32 heavy (non-hydrogen) atoms. The van der Waals surface area contributed by atoms with Crippen LogP contribution < -0.4 is 0 Å². The third kappa shape index (κ3) is 5.28. The fourth-order valence-electron chi connectivity index (χ4n) is 3.12. The molecule has 0 N–H and O–H groups in total. The summed E-state index contributed by atoms with van der Waals surface area (Å²) < 4.78 is 71.6. The maximum atomic E-state index is 14.6. The number of rotatable bonds is 5. The number of aliphatic imine (C=N–C) groups is 1. The first kappa shape index (κ1) is 23.3. The third-order valence-electron chi connectivity index (χ3n) is 4.70. The molecule has 0 radical (unpaired) electrons. The van der Waals surface area contributed by atoms with Gasteiger partial charge in [-0.25, -0.2) is 22.0 Å². The van der Waals surface area contributed by atoms with Gasteiger partial charge in [-0.05, 0) is 72.6 Å². The van der Waals surface area contributed by atoms with Crippen molar-refractivity contribution < 1.29 is 22.0 Å². The van der Waals surface area contributed by atoms with Gasteiger partial charge in [0.2, 0.25) is 0 Å². The Morgan fingerprint density at radius 1 is 0.812 bits per heavy atom. The topological polar surface area (TPSA) is 12.4 Å². The summed E-state index contributed by atoms with van der Waals surface area (Å²) in [7, 11) is 0. The summed E-state index contributed by atoms with van der Waals surface area (Å²) in [6.07, 6.45) is 2.67. The lowest BCUT2D eigenvalue weighted by molar-refractivity contribution is 0.580. The van der Waals surface area contributed by atoms with Gasteiger partial charge in [0.05, 0.1) is 16.3 Å². The molecular weight excluding hydrogens is 441 g/mol. The van der Waals surface area contributed by atoms with E-state index in [1.807, 2.05) is 12.1 Å². The van der Waals surface area contributed by atoms with E-state index in [1.54, 1.807) is 6.07 Å². The zero-order chi connectivity index (χ0) is 23.3. The van der Waals surface area contributed by atoms with Gasteiger partial charge < -0.3 is 0 Å². The van der Waals surface area contributed by atoms with Crippen LogP contribution in [0.4, 0.5) is 27.6 Å². The molecule has 1 nitrogen and oxygen atoms in total. The van der Waals surface area contributed by atoms with Crippen molar-refractivity contribution in [2.75, 3.05) is 0 Å². The van der Waals surface area contributed by atoms with Crippen molar-refractivity contribution in [3.63, 3.8) is 0 Å². The number of unbranched alkanes of at least 4 members (excludes halogenated alkanes) is 1. The molecule has 0 fully saturated rings. The van der Waals surface area contributed by atoms with E-state index in [0.717, 1.165) is 49.1 Å². The van der Waals surface area contributed by atoms with Crippen molar-refractivity contribution in [1.82, 2.24) is 0 Å². The van der Waals surface area contributed by atoms with Crippen LogP contribution in [-0.4, -0.2) is 5.16 Å². The summed E-state index contributed by atoms with van der Waals surface area (Å²) in [5.41, 5.74) is -0.799. The molecule has 7 heteroatoms. The maximum absolute atomic E-state index is 14.6. The molecule has 0 unspecified atom stereocenters. The molecule has 3 aromatic carbocycles. The number of hydrogen-bond acceptors (Lipinski definition) is 2. The minimum Gasteiger partial charge on any atom is -0.206 e. The number of halogens is 5. The van der Waals surface area contributed by atoms with Crippen LogP contribution in [0.2, 0.25) is 0 Å². The molecule has 3 aromatic rings. The van der Waals surface area contributed by atoms with Gasteiger partial charge in [-0.15, -0.1) is 0 Å². The van der Waals surface area contributed by atoms with Gasteiger partial charge in [-0.1, -0.05) is 31.3 Å². The second kappa shape index (κ2) is 10.3. The molecule has 0 aliphatic heterocycles. The fraction of sp³-hybridized carbons (Fsp3) is 0.160. The van der Waals surface area contributed by atoms with Crippen LogP contribution in [-0.2, 0) is 6.42 Å². The molecule has 0 aliphatic rings. The molecule has 0 aliphatic carbocycles. The van der Waals surface area contributed by atoms with Crippen molar-refractivity contribution in [1.29, 1.82) is 0 Å². The highest BCUT2D eigenvalue weighted by molar-refractivity contribution is 7.78. The third-order valence-corrected chi connectivity index (χ3v) is 4.79. The first-order valence-electron chi connectivity index (χ1n) is 9.70. The fourth-order valence-corrected chi connectivity index (χ4v) is 3.21. The van der Waals surface area contributed by atoms with E-state index in [2.05, 4.69) is 29.1 Å². The van der Waals surface area contributed by atoms with Gasteiger partial charge >= 0.3 is 0 Å². The summed E-state index contributed by atoms with van der Waals surface area (Å²) in [4.78, 5) is 3.26. The Hall–Kier alpha value is -3.33. The van der Waals surface area contributed by atoms with E-state index in [-0.39, 0.29) is 16.7 Å². The predicted octanol–water partition coefficient (Wildman–Crippen LogP) is 7.53. The van der Waals surface area contributed by atoms with E-state index in [9.17, 15) is 22.0 Å². The molecule has 0 saturated heterocycles. The van der Waals surface area contributed by atoms with E-state index in [0.29, 0.717) is 0 Å². The Morgan fingerprint density at radius 3 is 2.03 bits per heavy atom. The smallest absolute Gasteiger partial charge is 0.153 e. The molecule has 0 aromatic heterocycles. The van der Waals surface area contributed by atoms with Crippen LogP contribution in [0.1, 0.15) is 36.5 Å². The van der Waals surface area contributed by atoms with Gasteiger partial charge in [0.1, 0.15) is 23.1 Å². The first-order valence-corrected chi connectivity index (χ1v) is 10.1. The van der Waals surface area contributed by atoms with Gasteiger partial charge in [0.15, 0.2) is 11.6 Å². The normalized spacial score (nSPS) is 10.3. The summed E-state index contributed by atoms with van der Waals surface area (Å²) >= 11 is 4.32. The van der Waals surface area contributed by atoms with Gasteiger partial charge in [0, 0.05) is 5.56 Å². The SMILES string of the molecule is CCCCc1ccc(C#Cc2cc(F)c(-c3cc(F)c(N=C=S)c(F)c3)c(F)c2)c(F)c1. The van der Waals surface area contributed by atoms with Crippen molar-refractivity contribution in [3.05, 3.63) is 88.2 Å². The highest BCUT2D eigenvalue weighted by Gasteiger charge is 2.18. The van der Waals surface area contributed by atoms with Crippen molar-refractivity contribution >= 4 is 23.1 Å². The lowest BCUT2D eigenvalue weighted by Gasteiger charge is -2.08. The summed E-state index contributed by atoms with van der Waals surface area (Å²) in [5, 5.41) is 1.84. The van der Waals surface area contributed by atoms with Crippen molar-refractivity contribution in [3.8, 4) is 23.0 Å². The largest absolute Gasteiger partial charge is 0.206 e. The highest BCUT2D eigenvalue weighted by atomic mass is 32.1. The van der Waals surface area contributed by atoms with E-state index < -0.39 is 40.3 Å². The molecule has 3 rings (SSSR count). The molecule has 0 bridgehead atoms. The van der Waals surface area contributed by atoms with Crippen LogP contribution in [0.5, 0.6) is 0 Å². The molecule has 162 valence electrons. The van der Waals surface area contributed by atoms with Crippen LogP contribution in [0.3, 0.4) is 0 Å². The molecule has 0 heterocycles. The Labute approximate surface area is 187 Å². The molecule has 0 spiro atoms. The molecular formula is C25H16F5NS. The second-order valence-corrected chi connectivity index (χ2v) is 7.16. The predicted molar refractivity (Wildman–Crippen MR) is 117 cm³/mol. The molecule has 0 amide bonds. The minimum atomic E-state index is -1.14. The van der Waals surface area contributed by atoms with Gasteiger partial charge in [-0.2, -0.15) is 4.99 Å². The Kier molecular flexibility index (Phi) is 7.53. The summed E-state index contributed by atoms with van der Waals surface area (Å²) in [6, 6.07) is 7.99. The number of thiocarbonyl (C=S) groups is 1. The summed E-state index contributed by atoms with van der Waals surface area (Å²) in [5.74, 6) is 0.128. The van der Waals surface area contributed by atoms with Crippen molar-refractivity contribution in [2.45, 2.75) is 26.2 Å². The zero-order valence-corrected chi connectivity index (χ0v) is 17.7. The maximum Gasteiger partial charge on any atom is 0.153 e. The summed E-state index contributed by atoms with van der Waals surface area (Å²) in [6.45, 7) is 2.04. The number of benzene rings is 3. The highest BCUT2D eigenvalue weighted by Crippen LogP contribution is 2.32. The Balaban J connectivity index is 1.94. The number of nitrogens with zero attached hydrogens (tertiary/aromatic N) is 1. The van der Waals surface area contributed by atoms with Crippen molar-refractivity contribution in [2.24, 2.45) is 4.99 Å². The number of isothiocyanates is 1. The Bertz CT molecular complexity index is 1240. The van der Waals surface area contributed by atoms with E-state index in [1.165, 1.54) is 12.1 Å². The average molecular weight is 457 g/mol. The Morgan fingerprint density at radius 2 is 1.47 bits per heavy atom. The van der Waals surface area contributed by atoms with Crippen LogP contribution in [0.15, 0.2) is 47.5 Å². The minimum absolute atomic E-state index is 0.0546. The monoisotopic (exact) mass is 457 g/mol. The number of hydrogen-bond donors (Lipinski definition) is 0. The average Bonchev–Trinajstić information content (AvgIpc) is 2.73. The second-order valence-electron chi connectivity index (χ2n) is 6.97. The lowest BCUT2D eigenvalue weighted by atomic mass is 10.0. The van der Waals surface area contributed by atoms with Crippen LogP contribution in [0.25, 0.3) is 11.1 Å². The van der Waals surface area contributed by atoms with Crippen LogP contribution >= 0.6 is 12.2 Å². The number of aryl methyl sites for hydroxylation is 1. The molecule has 0 saturated carbocycles. The van der Waals surface area contributed by atoms with E-state index in [4.69, 9.17) is 0 Å². The first-order chi connectivity index (χ1) is 15.3. The van der Waals surface area contributed by atoms with Gasteiger partial charge in [0.25, 0.3) is 0 Å². The quantitative estimate of drug-likeness (QED) is 0.167. The van der Waals surface area contributed by atoms with Crippen LogP contribution in [0, 0.1) is 40.9 Å². The lowest BCUT2D eigenvalue weighted by Crippen LogP contribution is -1.95.